The first-order valence-corrected chi connectivity index (χ1v) is 4.88. The Labute approximate surface area is 91.9 Å². The number of aryl methyl sites for hydroxylation is 1. The fourth-order valence-electron chi connectivity index (χ4n) is 1.09. The fourth-order valence-corrected chi connectivity index (χ4v) is 1.09. The molecule has 1 heterocycles. The summed E-state index contributed by atoms with van der Waals surface area (Å²) in [4.78, 5) is 4.00. The molecule has 0 saturated heterocycles. The fraction of sp³-hybridized carbons (Fsp3) is 0.500. The van der Waals surface area contributed by atoms with Crippen LogP contribution in [0.5, 0.6) is 0 Å². The largest absolute Gasteiger partial charge is 0.403 e. The first kappa shape index (κ1) is 12.8. The Morgan fingerprint density at radius 2 is 2.12 bits per heavy atom. The summed E-state index contributed by atoms with van der Waals surface area (Å²) in [5, 5.41) is 2.78. The second-order valence-electron chi connectivity index (χ2n) is 3.58. The van der Waals surface area contributed by atoms with Gasteiger partial charge in [0.15, 0.2) is 0 Å². The van der Waals surface area contributed by atoms with Crippen molar-refractivity contribution in [3.8, 4) is 0 Å². The van der Waals surface area contributed by atoms with Gasteiger partial charge in [0.1, 0.15) is 11.9 Å². The first-order chi connectivity index (χ1) is 7.39. The molecule has 3 N–H and O–H groups in total. The topological polar surface area (TPSA) is 50.9 Å². The van der Waals surface area contributed by atoms with Crippen LogP contribution in [0, 0.1) is 6.92 Å². The number of nitrogens with two attached hydrogens (primary N) is 1. The van der Waals surface area contributed by atoms with E-state index in [1.54, 1.807) is 12.3 Å². The van der Waals surface area contributed by atoms with E-state index >= 15 is 0 Å². The Morgan fingerprint density at radius 3 is 2.62 bits per heavy atom. The molecule has 0 spiro atoms. The number of hydrogen-bond acceptors (Lipinski definition) is 3. The van der Waals surface area contributed by atoms with E-state index in [0.717, 1.165) is 5.56 Å². The lowest BCUT2D eigenvalue weighted by Gasteiger charge is -2.15. The minimum Gasteiger partial charge on any atom is -0.370 e. The molecule has 0 amide bonds. The number of nitrogens with one attached hydrogen (secondary N) is 1. The van der Waals surface area contributed by atoms with Crippen LogP contribution in [0.2, 0.25) is 0 Å². The van der Waals surface area contributed by atoms with Gasteiger partial charge in [-0.3, -0.25) is 0 Å². The molecule has 0 fully saturated rings. The highest BCUT2D eigenvalue weighted by molar-refractivity contribution is 5.34. The van der Waals surface area contributed by atoms with E-state index in [0.29, 0.717) is 5.82 Å². The molecule has 1 aromatic heterocycles. The van der Waals surface area contributed by atoms with E-state index in [4.69, 9.17) is 5.73 Å². The van der Waals surface area contributed by atoms with Crippen molar-refractivity contribution in [3.63, 3.8) is 0 Å². The monoisotopic (exact) mass is 233 g/mol. The van der Waals surface area contributed by atoms with Crippen molar-refractivity contribution in [2.24, 2.45) is 5.73 Å². The predicted octanol–water partition coefficient (Wildman–Crippen LogP) is 2.08. The highest BCUT2D eigenvalue weighted by atomic mass is 19.4. The molecule has 0 aliphatic carbocycles. The Balaban J connectivity index is 2.33. The number of nitrogens with zero attached hydrogens (tertiary/aromatic N) is 1. The molecule has 90 valence electrons. The molecule has 0 aliphatic heterocycles. The maximum Gasteiger partial charge on any atom is 0.403 e. The van der Waals surface area contributed by atoms with Crippen LogP contribution in [-0.2, 0) is 0 Å². The highest BCUT2D eigenvalue weighted by Gasteiger charge is 2.35. The van der Waals surface area contributed by atoms with Crippen molar-refractivity contribution in [1.29, 1.82) is 0 Å². The van der Waals surface area contributed by atoms with Crippen LogP contribution in [0.15, 0.2) is 18.3 Å². The van der Waals surface area contributed by atoms with Crippen molar-refractivity contribution >= 4 is 5.82 Å². The van der Waals surface area contributed by atoms with Crippen LogP contribution in [-0.4, -0.2) is 23.7 Å². The van der Waals surface area contributed by atoms with Crippen molar-refractivity contribution in [2.45, 2.75) is 25.6 Å². The van der Waals surface area contributed by atoms with Crippen LogP contribution < -0.4 is 11.1 Å². The van der Waals surface area contributed by atoms with Gasteiger partial charge in [-0.25, -0.2) is 4.98 Å². The number of aromatic nitrogens is 1. The van der Waals surface area contributed by atoms with Gasteiger partial charge in [-0.2, -0.15) is 13.2 Å². The van der Waals surface area contributed by atoms with E-state index in [-0.39, 0.29) is 13.0 Å². The Bertz CT molecular complexity index is 321. The van der Waals surface area contributed by atoms with Crippen molar-refractivity contribution < 1.29 is 13.2 Å². The quantitative estimate of drug-likeness (QED) is 0.837. The average Bonchev–Trinajstić information content (AvgIpc) is 2.19. The third-order valence-electron chi connectivity index (χ3n) is 2.09. The normalized spacial score (nSPS) is 13.6. The Hall–Kier alpha value is -1.30. The molecule has 1 atom stereocenters. The lowest BCUT2D eigenvalue weighted by Crippen LogP contribution is -2.38. The maximum absolute atomic E-state index is 12.1. The summed E-state index contributed by atoms with van der Waals surface area (Å²) in [5.74, 6) is 0.556. The number of alkyl halides is 3. The third-order valence-corrected chi connectivity index (χ3v) is 2.09. The minimum absolute atomic E-state index is 0.150. The molecule has 0 bridgehead atoms. The molecular weight excluding hydrogens is 219 g/mol. The molecule has 0 aromatic carbocycles. The van der Waals surface area contributed by atoms with Gasteiger partial charge in [0.25, 0.3) is 0 Å². The molecular formula is C10H14F3N3. The van der Waals surface area contributed by atoms with Gasteiger partial charge in [-0.15, -0.1) is 0 Å². The number of anilines is 1. The second-order valence-corrected chi connectivity index (χ2v) is 3.58. The predicted molar refractivity (Wildman–Crippen MR) is 56.1 cm³/mol. The third kappa shape index (κ3) is 4.06. The summed E-state index contributed by atoms with van der Waals surface area (Å²) in [6.45, 7) is 2.03. The Morgan fingerprint density at radius 1 is 1.44 bits per heavy atom. The summed E-state index contributed by atoms with van der Waals surface area (Å²) < 4.78 is 36.2. The maximum atomic E-state index is 12.1. The average molecular weight is 233 g/mol. The molecule has 16 heavy (non-hydrogen) atoms. The molecule has 1 aromatic rings. The van der Waals surface area contributed by atoms with E-state index in [2.05, 4.69) is 10.3 Å². The van der Waals surface area contributed by atoms with Gasteiger partial charge in [-0.1, -0.05) is 6.07 Å². The van der Waals surface area contributed by atoms with Crippen LogP contribution in [0.25, 0.3) is 0 Å². The van der Waals surface area contributed by atoms with Crippen molar-refractivity contribution in [3.05, 3.63) is 23.9 Å². The molecule has 6 heteroatoms. The van der Waals surface area contributed by atoms with E-state index < -0.39 is 12.2 Å². The van der Waals surface area contributed by atoms with Crippen molar-refractivity contribution in [1.82, 2.24) is 4.98 Å². The van der Waals surface area contributed by atoms with Crippen LogP contribution in [0.1, 0.15) is 12.0 Å². The van der Waals surface area contributed by atoms with Crippen LogP contribution >= 0.6 is 0 Å². The smallest absolute Gasteiger partial charge is 0.370 e. The molecule has 1 unspecified atom stereocenters. The lowest BCUT2D eigenvalue weighted by atomic mass is 10.2. The van der Waals surface area contributed by atoms with Gasteiger partial charge < -0.3 is 11.1 Å². The van der Waals surface area contributed by atoms with E-state index in [1.165, 1.54) is 0 Å². The number of halogens is 3. The summed E-state index contributed by atoms with van der Waals surface area (Å²) in [6, 6.07) is 1.76. The summed E-state index contributed by atoms with van der Waals surface area (Å²) in [7, 11) is 0. The van der Waals surface area contributed by atoms with E-state index in [9.17, 15) is 13.2 Å². The summed E-state index contributed by atoms with van der Waals surface area (Å²) in [6.07, 6.45) is -2.85. The Kier molecular flexibility index (Phi) is 4.12. The minimum atomic E-state index is -4.33. The zero-order chi connectivity index (χ0) is 12.2. The standard InChI is InChI=1S/C10H14F3N3/c1-7-2-3-9(16-6-7)15-5-4-8(14)10(11,12)13/h2-3,6,8H,4-5,14H2,1H3,(H,15,16). The van der Waals surface area contributed by atoms with E-state index in [1.807, 2.05) is 13.0 Å². The van der Waals surface area contributed by atoms with Crippen LogP contribution in [0.4, 0.5) is 19.0 Å². The molecule has 1 rings (SSSR count). The zero-order valence-corrected chi connectivity index (χ0v) is 8.88. The van der Waals surface area contributed by atoms with Gasteiger partial charge >= 0.3 is 6.18 Å². The van der Waals surface area contributed by atoms with Crippen LogP contribution in [0.3, 0.4) is 0 Å². The summed E-state index contributed by atoms with van der Waals surface area (Å²) >= 11 is 0. The summed E-state index contributed by atoms with van der Waals surface area (Å²) in [5.41, 5.74) is 5.95. The number of rotatable bonds is 4. The molecule has 0 radical (unpaired) electrons. The zero-order valence-electron chi connectivity index (χ0n) is 8.88. The lowest BCUT2D eigenvalue weighted by molar-refractivity contribution is -0.148. The number of hydrogen-bond donors (Lipinski definition) is 2. The first-order valence-electron chi connectivity index (χ1n) is 4.88. The second kappa shape index (κ2) is 5.16. The molecule has 0 saturated carbocycles. The van der Waals surface area contributed by atoms with Crippen molar-refractivity contribution in [2.75, 3.05) is 11.9 Å². The van der Waals surface area contributed by atoms with Gasteiger partial charge in [-0.05, 0) is 25.0 Å². The SMILES string of the molecule is Cc1ccc(NCCC(N)C(F)(F)F)nc1. The molecule has 0 aliphatic rings. The molecule has 3 nitrogen and oxygen atoms in total. The number of pyridine rings is 1. The van der Waals surface area contributed by atoms with Gasteiger partial charge in [0.05, 0.1) is 0 Å². The van der Waals surface area contributed by atoms with Gasteiger partial charge in [0.2, 0.25) is 0 Å². The highest BCUT2D eigenvalue weighted by Crippen LogP contribution is 2.20. The van der Waals surface area contributed by atoms with Gasteiger partial charge in [0, 0.05) is 12.7 Å².